The average molecular weight is 887 g/mol. The Kier molecular flexibility index (Phi) is 19.4. The molecule has 0 aromatic heterocycles. The highest BCUT2D eigenvalue weighted by Gasteiger charge is 2.56. The molecule has 4 aliphatic heterocycles. The second kappa shape index (κ2) is 23.2. The van der Waals surface area contributed by atoms with Gasteiger partial charge in [0.05, 0.1) is 26.4 Å². The van der Waals surface area contributed by atoms with Gasteiger partial charge in [0.1, 0.15) is 97.4 Å². The Hall–Kier alpha value is -2.80. The molecule has 14 N–H and O–H groups in total. The average Bonchev–Trinajstić information content (AvgIpc) is 3.20. The Bertz CT molecular complexity index is 1440. The van der Waals surface area contributed by atoms with Crippen LogP contribution in [0.1, 0.15) is 53.4 Å². The van der Waals surface area contributed by atoms with Gasteiger partial charge in [0.2, 0.25) is 23.6 Å². The van der Waals surface area contributed by atoms with E-state index < -0.39 is 173 Å². The molecule has 0 radical (unpaired) electrons. The molecule has 0 saturated carbocycles. The van der Waals surface area contributed by atoms with Gasteiger partial charge in [0.25, 0.3) is 0 Å². The van der Waals surface area contributed by atoms with Gasteiger partial charge in [-0.15, -0.1) is 0 Å². The number of ether oxygens (including phenoxy) is 7. The predicted molar refractivity (Wildman–Crippen MR) is 199 cm³/mol. The first-order chi connectivity index (χ1) is 28.9. The van der Waals surface area contributed by atoms with Gasteiger partial charge < -0.3 is 105 Å². The summed E-state index contributed by atoms with van der Waals surface area (Å²) in [7, 11) is 0. The Morgan fingerprint density at radius 2 is 0.836 bits per heavy atom. The summed E-state index contributed by atoms with van der Waals surface area (Å²) in [6.45, 7) is 1.75. The van der Waals surface area contributed by atoms with Crippen LogP contribution in [0.25, 0.3) is 0 Å². The third kappa shape index (κ3) is 12.5. The molecular formula is C36H62N4O21. The molecule has 0 bridgehead atoms. The van der Waals surface area contributed by atoms with Gasteiger partial charge in [-0.2, -0.15) is 0 Å². The van der Waals surface area contributed by atoms with Crippen LogP contribution in [0, 0.1) is 0 Å². The van der Waals surface area contributed by atoms with Crippen LogP contribution in [-0.4, -0.2) is 224 Å². The van der Waals surface area contributed by atoms with E-state index in [4.69, 9.17) is 33.2 Å². The van der Waals surface area contributed by atoms with Crippen molar-refractivity contribution in [3.63, 3.8) is 0 Å². The van der Waals surface area contributed by atoms with Gasteiger partial charge in [-0.25, -0.2) is 0 Å². The second-order valence-electron chi connectivity index (χ2n) is 15.4. The van der Waals surface area contributed by atoms with E-state index in [1.807, 2.05) is 6.92 Å². The third-order valence-electron chi connectivity index (χ3n) is 10.8. The minimum Gasteiger partial charge on any atom is -0.394 e. The van der Waals surface area contributed by atoms with Gasteiger partial charge in [-0.3, -0.25) is 19.2 Å². The Morgan fingerprint density at radius 1 is 0.475 bits per heavy atom. The maximum atomic E-state index is 12.8. The maximum absolute atomic E-state index is 12.8. The van der Waals surface area contributed by atoms with E-state index in [0.29, 0.717) is 6.42 Å². The first kappa shape index (κ1) is 50.8. The third-order valence-corrected chi connectivity index (χ3v) is 10.8. The molecule has 4 heterocycles. The topological polar surface area (TPSA) is 383 Å². The van der Waals surface area contributed by atoms with Crippen molar-refractivity contribution >= 4 is 23.6 Å². The summed E-state index contributed by atoms with van der Waals surface area (Å²) in [5.74, 6) is -2.68. The first-order valence-electron chi connectivity index (χ1n) is 20.1. The molecule has 6 unspecified atom stereocenters. The number of hydrogen-bond donors (Lipinski definition) is 14. The predicted octanol–water partition coefficient (Wildman–Crippen LogP) is -7.61. The van der Waals surface area contributed by atoms with E-state index in [1.54, 1.807) is 0 Å². The van der Waals surface area contributed by atoms with Gasteiger partial charge >= 0.3 is 0 Å². The summed E-state index contributed by atoms with van der Waals surface area (Å²) < 4.78 is 41.0. The molecule has 352 valence electrons. The molecule has 25 nitrogen and oxygen atoms in total. The minimum absolute atomic E-state index is 0.0475. The summed E-state index contributed by atoms with van der Waals surface area (Å²) in [4.78, 5) is 49.5. The van der Waals surface area contributed by atoms with Crippen molar-refractivity contribution in [2.75, 3.05) is 26.4 Å². The van der Waals surface area contributed by atoms with Crippen molar-refractivity contribution in [2.45, 2.75) is 176 Å². The number of aliphatic hydroxyl groups is 10. The second-order valence-corrected chi connectivity index (χ2v) is 15.4. The SMILES string of the molecule is CCCCCC(=O)N[C@@H]1C(O)[C@H](O)[C@@H](CO)O[C@H]1O[C@H]1C(O)C(NC(C)=O)[C@H](O[C@H]2C(O)[C@@H](NC(C)=O)[C@H](O[C@H]3C(O)[C@@H](NC(C)=O)C(O)O[C@H]3CO)O[C@@H]2CO)O[C@H]1CO. The number of carbonyl (C=O) groups excluding carboxylic acids is 4. The van der Waals surface area contributed by atoms with Crippen LogP contribution in [0.15, 0.2) is 0 Å². The molecule has 0 aromatic carbocycles. The summed E-state index contributed by atoms with van der Waals surface area (Å²) in [6, 6.07) is -6.15. The van der Waals surface area contributed by atoms with Crippen molar-refractivity contribution in [3.8, 4) is 0 Å². The summed E-state index contributed by atoms with van der Waals surface area (Å²) in [6.07, 6.45) is -24.8. The van der Waals surface area contributed by atoms with Crippen molar-refractivity contribution in [1.29, 1.82) is 0 Å². The summed E-state index contributed by atoms with van der Waals surface area (Å²) in [5.41, 5.74) is 0. The fourth-order valence-corrected chi connectivity index (χ4v) is 7.73. The Morgan fingerprint density at radius 3 is 1.23 bits per heavy atom. The lowest BCUT2D eigenvalue weighted by atomic mass is 9.93. The van der Waals surface area contributed by atoms with E-state index in [1.165, 1.54) is 0 Å². The van der Waals surface area contributed by atoms with Gasteiger partial charge in [0, 0.05) is 27.2 Å². The highest BCUT2D eigenvalue weighted by molar-refractivity contribution is 5.76. The quantitative estimate of drug-likeness (QED) is 0.0569. The largest absolute Gasteiger partial charge is 0.394 e. The maximum Gasteiger partial charge on any atom is 0.220 e. The van der Waals surface area contributed by atoms with Crippen molar-refractivity contribution in [3.05, 3.63) is 0 Å². The molecule has 4 rings (SSSR count). The van der Waals surface area contributed by atoms with Crippen LogP contribution in [-0.2, 0) is 52.3 Å². The van der Waals surface area contributed by atoms with E-state index in [2.05, 4.69) is 21.3 Å². The zero-order valence-electron chi connectivity index (χ0n) is 34.2. The lowest BCUT2D eigenvalue weighted by molar-refractivity contribution is -0.362. The Labute approximate surface area is 350 Å². The number of aliphatic hydroxyl groups excluding tert-OH is 10. The minimum atomic E-state index is -1.90. The van der Waals surface area contributed by atoms with Crippen LogP contribution in [0.4, 0.5) is 0 Å². The van der Waals surface area contributed by atoms with Crippen LogP contribution < -0.4 is 21.3 Å². The number of rotatable bonds is 18. The van der Waals surface area contributed by atoms with Crippen LogP contribution in [0.3, 0.4) is 0 Å². The molecule has 4 saturated heterocycles. The summed E-state index contributed by atoms with van der Waals surface area (Å²) in [5, 5.41) is 117. The lowest BCUT2D eigenvalue weighted by Gasteiger charge is -2.51. The molecule has 0 spiro atoms. The molecule has 20 atom stereocenters. The molecule has 4 fully saturated rings. The zero-order chi connectivity index (χ0) is 45.3. The number of unbranched alkanes of at least 4 members (excludes halogenated alkanes) is 2. The monoisotopic (exact) mass is 886 g/mol. The lowest BCUT2D eigenvalue weighted by Crippen LogP contribution is -2.71. The number of carbonyl (C=O) groups is 4. The molecular weight excluding hydrogens is 824 g/mol. The fourth-order valence-electron chi connectivity index (χ4n) is 7.73. The first-order valence-corrected chi connectivity index (χ1v) is 20.1. The highest BCUT2D eigenvalue weighted by Crippen LogP contribution is 2.34. The zero-order valence-corrected chi connectivity index (χ0v) is 34.2. The normalized spacial score (nSPS) is 41.7. The standard InChI is InChI=1S/C36H62N4O21/c1-5-6-7-8-20(48)40-22-26(50)25(49)16(9-41)56-34(22)60-31-18(11-43)58-36(24(28(31)52)39-15(4)47)61-32-19(12-44)57-35(23(29(32)53)38-14(3)46)59-30-17(10-42)55-33(54)21(27(30)51)37-13(2)45/h16-19,21-36,41-44,49-54H,5-12H2,1-4H3,(H,37,45)(H,38,46)(H,39,47)(H,40,48)/t16-,17+,18+,19-,21-,22-,23-,24?,25-,26?,27?,28?,29?,30-,31-,32-,33?,34+,35+,36+/m1/s1. The molecule has 0 aliphatic carbocycles. The van der Waals surface area contributed by atoms with E-state index in [-0.39, 0.29) is 6.42 Å². The van der Waals surface area contributed by atoms with Gasteiger partial charge in [-0.1, -0.05) is 19.8 Å². The van der Waals surface area contributed by atoms with E-state index in [9.17, 15) is 70.2 Å². The molecule has 61 heavy (non-hydrogen) atoms. The number of amides is 4. The smallest absolute Gasteiger partial charge is 0.220 e. The number of hydrogen-bond acceptors (Lipinski definition) is 21. The number of nitrogens with one attached hydrogen (secondary N) is 4. The molecule has 4 amide bonds. The highest BCUT2D eigenvalue weighted by atomic mass is 16.8. The Balaban J connectivity index is 1.60. The van der Waals surface area contributed by atoms with Gasteiger partial charge in [-0.05, 0) is 6.42 Å². The van der Waals surface area contributed by atoms with Crippen molar-refractivity contribution < 1.29 is 103 Å². The molecule has 0 aromatic rings. The van der Waals surface area contributed by atoms with Crippen molar-refractivity contribution in [2.24, 2.45) is 0 Å². The molecule has 4 aliphatic rings. The van der Waals surface area contributed by atoms with E-state index in [0.717, 1.165) is 33.6 Å². The molecule has 25 heteroatoms. The summed E-state index contributed by atoms with van der Waals surface area (Å²) >= 11 is 0. The fraction of sp³-hybridized carbons (Fsp3) is 0.889. The van der Waals surface area contributed by atoms with Crippen molar-refractivity contribution in [1.82, 2.24) is 21.3 Å². The van der Waals surface area contributed by atoms with Crippen LogP contribution in [0.2, 0.25) is 0 Å². The van der Waals surface area contributed by atoms with Crippen LogP contribution in [0.5, 0.6) is 0 Å². The van der Waals surface area contributed by atoms with Gasteiger partial charge in [0.15, 0.2) is 25.2 Å². The van der Waals surface area contributed by atoms with Crippen LogP contribution >= 0.6 is 0 Å². The van der Waals surface area contributed by atoms with E-state index >= 15 is 0 Å².